The summed E-state index contributed by atoms with van der Waals surface area (Å²) >= 11 is 0. The zero-order valence-electron chi connectivity index (χ0n) is 51.1. The van der Waals surface area contributed by atoms with Crippen molar-refractivity contribution < 1.29 is 28.6 Å². The van der Waals surface area contributed by atoms with Crippen LogP contribution in [0.5, 0.6) is 0 Å². The normalized spacial score (nSPS) is 12.0. The molecule has 1 atom stereocenters. The first-order valence-corrected chi connectivity index (χ1v) is 34.2. The minimum atomic E-state index is -0.767. The van der Waals surface area contributed by atoms with Crippen LogP contribution < -0.4 is 0 Å². The van der Waals surface area contributed by atoms with Gasteiger partial charge in [-0.25, -0.2) is 0 Å². The lowest BCUT2D eigenvalue weighted by atomic mass is 10.0. The summed E-state index contributed by atoms with van der Waals surface area (Å²) < 4.78 is 17.0. The van der Waals surface area contributed by atoms with Gasteiger partial charge >= 0.3 is 17.9 Å². The van der Waals surface area contributed by atoms with Gasteiger partial charge in [-0.05, 0) is 44.9 Å². The Labute approximate surface area is 469 Å². The van der Waals surface area contributed by atoms with E-state index in [0.29, 0.717) is 19.3 Å². The van der Waals surface area contributed by atoms with Crippen molar-refractivity contribution in [3.05, 3.63) is 12.2 Å². The molecule has 0 aliphatic rings. The molecule has 0 aliphatic carbocycles. The number of allylic oxidation sites excluding steroid dienone is 2. The molecule has 1 unspecified atom stereocenters. The van der Waals surface area contributed by atoms with Crippen LogP contribution in [-0.2, 0) is 28.6 Å². The molecule has 0 aromatic carbocycles. The number of hydrogen-bond acceptors (Lipinski definition) is 6. The molecule has 0 heterocycles. The maximum Gasteiger partial charge on any atom is 0.306 e. The average Bonchev–Trinajstić information content (AvgIpc) is 3.41. The summed E-state index contributed by atoms with van der Waals surface area (Å²) in [5, 5.41) is 0. The molecular formula is C69H132O6. The Bertz CT molecular complexity index is 1170. The fourth-order valence-corrected chi connectivity index (χ4v) is 10.6. The van der Waals surface area contributed by atoms with Crippen molar-refractivity contribution in [1.29, 1.82) is 0 Å². The highest BCUT2D eigenvalue weighted by Gasteiger charge is 2.19. The minimum Gasteiger partial charge on any atom is -0.462 e. The zero-order chi connectivity index (χ0) is 54.3. The van der Waals surface area contributed by atoms with Gasteiger partial charge in [-0.3, -0.25) is 14.4 Å². The van der Waals surface area contributed by atoms with Gasteiger partial charge in [0, 0.05) is 19.3 Å². The highest BCUT2D eigenvalue weighted by Crippen LogP contribution is 2.19. The van der Waals surface area contributed by atoms with Crippen molar-refractivity contribution in [3.8, 4) is 0 Å². The Balaban J connectivity index is 4.28. The van der Waals surface area contributed by atoms with Gasteiger partial charge in [0.2, 0.25) is 0 Å². The quantitative estimate of drug-likeness (QED) is 0.0261. The van der Waals surface area contributed by atoms with Gasteiger partial charge in [0.25, 0.3) is 0 Å². The van der Waals surface area contributed by atoms with E-state index >= 15 is 0 Å². The third-order valence-corrected chi connectivity index (χ3v) is 15.8. The Morgan fingerprint density at radius 3 is 0.667 bits per heavy atom. The molecule has 444 valence electrons. The monoisotopic (exact) mass is 1060 g/mol. The third kappa shape index (κ3) is 62.9. The van der Waals surface area contributed by atoms with Crippen LogP contribution in [0.3, 0.4) is 0 Å². The molecule has 0 spiro atoms. The first-order chi connectivity index (χ1) is 37.0. The number of carbonyl (C=O) groups excluding carboxylic acids is 3. The number of hydrogen-bond donors (Lipinski definition) is 0. The number of ether oxygens (including phenoxy) is 3. The lowest BCUT2D eigenvalue weighted by Crippen LogP contribution is -2.30. The molecule has 0 radical (unpaired) electrons. The van der Waals surface area contributed by atoms with Crippen LogP contribution >= 0.6 is 0 Å². The van der Waals surface area contributed by atoms with E-state index in [1.54, 1.807) is 0 Å². The predicted octanol–water partition coefficient (Wildman–Crippen LogP) is 23.2. The van der Waals surface area contributed by atoms with Crippen LogP contribution in [0.2, 0.25) is 0 Å². The zero-order valence-corrected chi connectivity index (χ0v) is 51.1. The second kappa shape index (κ2) is 64.7. The van der Waals surface area contributed by atoms with E-state index in [0.717, 1.165) is 57.8 Å². The van der Waals surface area contributed by atoms with Crippen LogP contribution in [0.1, 0.15) is 393 Å². The standard InChI is InChI=1S/C69H132O6/c1-4-7-10-13-16-19-22-25-28-31-33-35-37-38-41-44-47-50-53-56-59-62-68(71)74-65-66(64-73-67(70)61-58-55-52-49-46-43-40-30-27-24-21-18-15-12-9-6-3)75-69(72)63-60-57-54-51-48-45-42-39-36-34-32-29-26-23-20-17-14-11-8-5-2/h31,33,66H,4-30,32,34-65H2,1-3H3/b33-31-. The van der Waals surface area contributed by atoms with Crippen LogP contribution in [0, 0.1) is 0 Å². The van der Waals surface area contributed by atoms with Gasteiger partial charge in [-0.2, -0.15) is 0 Å². The fourth-order valence-electron chi connectivity index (χ4n) is 10.6. The Kier molecular flexibility index (Phi) is 63.1. The molecule has 0 bridgehead atoms. The summed E-state index contributed by atoms with van der Waals surface area (Å²) in [6.07, 6.45) is 76.5. The van der Waals surface area contributed by atoms with E-state index in [4.69, 9.17) is 14.2 Å². The summed E-state index contributed by atoms with van der Waals surface area (Å²) in [6.45, 7) is 6.73. The third-order valence-electron chi connectivity index (χ3n) is 15.8. The molecule has 0 rings (SSSR count). The maximum atomic E-state index is 12.9. The van der Waals surface area contributed by atoms with Crippen LogP contribution in [0.4, 0.5) is 0 Å². The van der Waals surface area contributed by atoms with E-state index < -0.39 is 6.10 Å². The number of unbranched alkanes of at least 4 members (excludes halogenated alkanes) is 51. The maximum absolute atomic E-state index is 12.9. The van der Waals surface area contributed by atoms with Crippen molar-refractivity contribution in [3.63, 3.8) is 0 Å². The second-order valence-corrected chi connectivity index (χ2v) is 23.5. The Hall–Kier alpha value is -1.85. The SMILES string of the molecule is CCCCCCCCCC/C=C\CCCCCCCCCCCC(=O)OCC(COC(=O)CCCCCCCCCCCCCCCCCC)OC(=O)CCCCCCCCCCCCCCCCCCCCCC. The molecule has 0 aromatic heterocycles. The van der Waals surface area contributed by atoms with Crippen molar-refractivity contribution in [2.45, 2.75) is 399 Å². The van der Waals surface area contributed by atoms with Crippen LogP contribution in [0.15, 0.2) is 12.2 Å². The Morgan fingerprint density at radius 1 is 0.253 bits per heavy atom. The van der Waals surface area contributed by atoms with E-state index in [9.17, 15) is 14.4 Å². The van der Waals surface area contributed by atoms with Gasteiger partial charge in [-0.15, -0.1) is 0 Å². The van der Waals surface area contributed by atoms with E-state index in [2.05, 4.69) is 32.9 Å². The second-order valence-electron chi connectivity index (χ2n) is 23.5. The molecule has 0 aliphatic heterocycles. The highest BCUT2D eigenvalue weighted by atomic mass is 16.6. The molecule has 75 heavy (non-hydrogen) atoms. The summed E-state index contributed by atoms with van der Waals surface area (Å²) in [5.41, 5.74) is 0. The smallest absolute Gasteiger partial charge is 0.306 e. The summed E-state index contributed by atoms with van der Waals surface area (Å²) in [4.78, 5) is 38.4. The predicted molar refractivity (Wildman–Crippen MR) is 326 cm³/mol. The van der Waals surface area contributed by atoms with Crippen molar-refractivity contribution in [2.24, 2.45) is 0 Å². The molecular weight excluding hydrogens is 925 g/mol. The van der Waals surface area contributed by atoms with Crippen LogP contribution in [-0.4, -0.2) is 37.2 Å². The van der Waals surface area contributed by atoms with Gasteiger partial charge < -0.3 is 14.2 Å². The van der Waals surface area contributed by atoms with E-state index in [-0.39, 0.29) is 31.1 Å². The van der Waals surface area contributed by atoms with E-state index in [1.165, 1.54) is 295 Å². The van der Waals surface area contributed by atoms with Crippen molar-refractivity contribution in [2.75, 3.05) is 13.2 Å². The molecule has 6 heteroatoms. The fraction of sp³-hybridized carbons (Fsp3) is 0.928. The van der Waals surface area contributed by atoms with Gasteiger partial charge in [-0.1, -0.05) is 341 Å². The topological polar surface area (TPSA) is 78.9 Å². The first-order valence-electron chi connectivity index (χ1n) is 34.2. The van der Waals surface area contributed by atoms with Crippen molar-refractivity contribution >= 4 is 17.9 Å². The van der Waals surface area contributed by atoms with Crippen LogP contribution in [0.25, 0.3) is 0 Å². The first kappa shape index (κ1) is 73.2. The molecule has 0 aromatic rings. The van der Waals surface area contributed by atoms with Crippen molar-refractivity contribution in [1.82, 2.24) is 0 Å². The largest absolute Gasteiger partial charge is 0.462 e. The molecule has 0 saturated carbocycles. The highest BCUT2D eigenvalue weighted by molar-refractivity contribution is 5.71. The summed E-state index contributed by atoms with van der Waals surface area (Å²) in [5.74, 6) is -0.830. The molecule has 0 fully saturated rings. The number of esters is 3. The van der Waals surface area contributed by atoms with Gasteiger partial charge in [0.05, 0.1) is 0 Å². The molecule has 0 amide bonds. The Morgan fingerprint density at radius 2 is 0.440 bits per heavy atom. The summed E-state index contributed by atoms with van der Waals surface area (Å²) in [6, 6.07) is 0. The van der Waals surface area contributed by atoms with Gasteiger partial charge in [0.15, 0.2) is 6.10 Å². The molecule has 0 N–H and O–H groups in total. The molecule has 0 saturated heterocycles. The summed E-state index contributed by atoms with van der Waals surface area (Å²) in [7, 11) is 0. The number of rotatable bonds is 64. The molecule has 6 nitrogen and oxygen atoms in total. The van der Waals surface area contributed by atoms with Gasteiger partial charge in [0.1, 0.15) is 13.2 Å². The lowest BCUT2D eigenvalue weighted by molar-refractivity contribution is -0.167. The van der Waals surface area contributed by atoms with E-state index in [1.807, 2.05) is 0 Å². The lowest BCUT2D eigenvalue weighted by Gasteiger charge is -2.18. The average molecular weight is 1060 g/mol. The number of carbonyl (C=O) groups is 3. The minimum absolute atomic E-state index is 0.0635.